The van der Waals surface area contributed by atoms with Crippen molar-refractivity contribution in [1.82, 2.24) is 0 Å². The number of hydrogen-bond acceptors (Lipinski definition) is 1. The summed E-state index contributed by atoms with van der Waals surface area (Å²) in [5.41, 5.74) is 11.7. The number of rotatable bonds is 0. The summed E-state index contributed by atoms with van der Waals surface area (Å²) in [6.07, 6.45) is 3.61. The standard InChI is InChI=1S/C12H17N/c1-8-6-10-4-3-5-12(13)11(10)7-9(8)2/h6-7,12H,3-5,13H2,1-2H3/t12-/m0/s1. The molecule has 0 radical (unpaired) electrons. The molecule has 1 atom stereocenters. The number of hydrogen-bond donors (Lipinski definition) is 1. The van der Waals surface area contributed by atoms with E-state index in [4.69, 9.17) is 5.73 Å². The van der Waals surface area contributed by atoms with Crippen LogP contribution >= 0.6 is 0 Å². The average molecular weight is 175 g/mol. The van der Waals surface area contributed by atoms with Gasteiger partial charge in [-0.25, -0.2) is 0 Å². The predicted molar refractivity (Wildman–Crippen MR) is 55.8 cm³/mol. The van der Waals surface area contributed by atoms with Gasteiger partial charge in [0.2, 0.25) is 0 Å². The molecule has 1 aliphatic carbocycles. The zero-order chi connectivity index (χ0) is 9.42. The molecule has 0 heterocycles. The smallest absolute Gasteiger partial charge is 0.0297 e. The predicted octanol–water partition coefficient (Wildman–Crippen LogP) is 2.64. The lowest BCUT2D eigenvalue weighted by molar-refractivity contribution is 0.569. The molecule has 1 heteroatoms. The minimum Gasteiger partial charge on any atom is -0.324 e. The summed E-state index contributed by atoms with van der Waals surface area (Å²) in [5.74, 6) is 0. The van der Waals surface area contributed by atoms with Gasteiger partial charge >= 0.3 is 0 Å². The van der Waals surface area contributed by atoms with Crippen molar-refractivity contribution in [1.29, 1.82) is 0 Å². The Morgan fingerprint density at radius 1 is 1.23 bits per heavy atom. The molecule has 1 aromatic carbocycles. The lowest BCUT2D eigenvalue weighted by Gasteiger charge is -2.23. The Morgan fingerprint density at radius 2 is 1.92 bits per heavy atom. The van der Waals surface area contributed by atoms with Gasteiger partial charge in [-0.2, -0.15) is 0 Å². The van der Waals surface area contributed by atoms with Gasteiger partial charge < -0.3 is 5.73 Å². The molecule has 0 saturated carbocycles. The van der Waals surface area contributed by atoms with Gasteiger partial charge in [0.05, 0.1) is 0 Å². The van der Waals surface area contributed by atoms with E-state index in [0.717, 1.165) is 6.42 Å². The van der Waals surface area contributed by atoms with E-state index < -0.39 is 0 Å². The van der Waals surface area contributed by atoms with Crippen molar-refractivity contribution >= 4 is 0 Å². The monoisotopic (exact) mass is 175 g/mol. The summed E-state index contributed by atoms with van der Waals surface area (Å²) in [4.78, 5) is 0. The maximum Gasteiger partial charge on any atom is 0.0297 e. The summed E-state index contributed by atoms with van der Waals surface area (Å²) in [6, 6.07) is 4.86. The van der Waals surface area contributed by atoms with E-state index in [1.165, 1.54) is 35.1 Å². The van der Waals surface area contributed by atoms with Crippen molar-refractivity contribution in [2.24, 2.45) is 5.73 Å². The Labute approximate surface area is 80.0 Å². The normalized spacial score (nSPS) is 21.3. The second-order valence-electron chi connectivity index (χ2n) is 4.13. The van der Waals surface area contributed by atoms with Gasteiger partial charge in [0.1, 0.15) is 0 Å². The van der Waals surface area contributed by atoms with Gasteiger partial charge in [0.25, 0.3) is 0 Å². The van der Waals surface area contributed by atoms with Gasteiger partial charge in [0.15, 0.2) is 0 Å². The van der Waals surface area contributed by atoms with Crippen LogP contribution < -0.4 is 5.73 Å². The van der Waals surface area contributed by atoms with Gasteiger partial charge in [0, 0.05) is 6.04 Å². The van der Waals surface area contributed by atoms with E-state index in [-0.39, 0.29) is 6.04 Å². The molecule has 1 nitrogen and oxygen atoms in total. The van der Waals surface area contributed by atoms with Crippen LogP contribution in [0.4, 0.5) is 0 Å². The Bertz CT molecular complexity index is 328. The van der Waals surface area contributed by atoms with Crippen molar-refractivity contribution in [2.75, 3.05) is 0 Å². The van der Waals surface area contributed by atoms with Crippen LogP contribution in [0.2, 0.25) is 0 Å². The van der Waals surface area contributed by atoms with Gasteiger partial charge in [-0.05, 0) is 55.4 Å². The Balaban J connectivity index is 2.52. The second-order valence-corrected chi connectivity index (χ2v) is 4.13. The molecule has 2 rings (SSSR count). The maximum atomic E-state index is 6.07. The summed E-state index contributed by atoms with van der Waals surface area (Å²) >= 11 is 0. The lowest BCUT2D eigenvalue weighted by Crippen LogP contribution is -2.17. The summed E-state index contributed by atoms with van der Waals surface area (Å²) in [5, 5.41) is 0. The Morgan fingerprint density at radius 3 is 2.69 bits per heavy atom. The van der Waals surface area contributed by atoms with Crippen LogP contribution in [0.3, 0.4) is 0 Å². The van der Waals surface area contributed by atoms with Gasteiger partial charge in [-0.3, -0.25) is 0 Å². The first-order chi connectivity index (χ1) is 6.18. The molecule has 1 aromatic rings. The van der Waals surface area contributed by atoms with E-state index in [1.807, 2.05) is 0 Å². The number of nitrogens with two attached hydrogens (primary N) is 1. The fraction of sp³-hybridized carbons (Fsp3) is 0.500. The van der Waals surface area contributed by atoms with Crippen molar-refractivity contribution in [3.8, 4) is 0 Å². The van der Waals surface area contributed by atoms with Crippen molar-refractivity contribution < 1.29 is 0 Å². The lowest BCUT2D eigenvalue weighted by atomic mass is 9.86. The fourth-order valence-corrected chi connectivity index (χ4v) is 2.13. The highest BCUT2D eigenvalue weighted by atomic mass is 14.6. The van der Waals surface area contributed by atoms with Crippen LogP contribution in [0.1, 0.15) is 41.1 Å². The molecule has 0 saturated heterocycles. The SMILES string of the molecule is Cc1cc2c(cc1C)[C@@H](N)CCC2. The first-order valence-corrected chi connectivity index (χ1v) is 5.04. The molecular formula is C12H17N. The Kier molecular flexibility index (Phi) is 2.12. The first-order valence-electron chi connectivity index (χ1n) is 5.04. The zero-order valence-corrected chi connectivity index (χ0v) is 8.43. The third-order valence-corrected chi connectivity index (χ3v) is 3.12. The summed E-state index contributed by atoms with van der Waals surface area (Å²) < 4.78 is 0. The molecule has 0 bridgehead atoms. The minimum atomic E-state index is 0.281. The number of aryl methyl sites for hydroxylation is 3. The molecule has 0 fully saturated rings. The van der Waals surface area contributed by atoms with E-state index in [1.54, 1.807) is 0 Å². The van der Waals surface area contributed by atoms with Crippen molar-refractivity contribution in [2.45, 2.75) is 39.2 Å². The van der Waals surface area contributed by atoms with Gasteiger partial charge in [-0.1, -0.05) is 12.1 Å². The zero-order valence-electron chi connectivity index (χ0n) is 8.43. The summed E-state index contributed by atoms with van der Waals surface area (Å²) in [6.45, 7) is 4.34. The topological polar surface area (TPSA) is 26.0 Å². The second kappa shape index (κ2) is 3.15. The molecule has 0 amide bonds. The van der Waals surface area contributed by atoms with Crippen LogP contribution in [0.5, 0.6) is 0 Å². The number of benzene rings is 1. The summed E-state index contributed by atoms with van der Waals surface area (Å²) in [7, 11) is 0. The van der Waals surface area contributed by atoms with E-state index in [9.17, 15) is 0 Å². The molecule has 2 N–H and O–H groups in total. The number of fused-ring (bicyclic) bond motifs is 1. The molecule has 1 aliphatic rings. The molecular weight excluding hydrogens is 158 g/mol. The van der Waals surface area contributed by atoms with E-state index >= 15 is 0 Å². The molecule has 70 valence electrons. The third-order valence-electron chi connectivity index (χ3n) is 3.12. The quantitative estimate of drug-likeness (QED) is 0.644. The van der Waals surface area contributed by atoms with E-state index in [2.05, 4.69) is 26.0 Å². The van der Waals surface area contributed by atoms with Crippen LogP contribution in [-0.4, -0.2) is 0 Å². The maximum absolute atomic E-state index is 6.07. The van der Waals surface area contributed by atoms with Crippen LogP contribution in [0.25, 0.3) is 0 Å². The molecule has 0 unspecified atom stereocenters. The molecule has 13 heavy (non-hydrogen) atoms. The van der Waals surface area contributed by atoms with Crippen LogP contribution in [0.15, 0.2) is 12.1 Å². The first kappa shape index (κ1) is 8.76. The van der Waals surface area contributed by atoms with Crippen molar-refractivity contribution in [3.05, 3.63) is 34.4 Å². The highest BCUT2D eigenvalue weighted by Gasteiger charge is 2.16. The Hall–Kier alpha value is -0.820. The van der Waals surface area contributed by atoms with Gasteiger partial charge in [-0.15, -0.1) is 0 Å². The van der Waals surface area contributed by atoms with Crippen LogP contribution in [-0.2, 0) is 6.42 Å². The molecule has 0 aliphatic heterocycles. The third kappa shape index (κ3) is 1.49. The average Bonchev–Trinajstić information content (AvgIpc) is 2.09. The molecule has 0 spiro atoms. The highest BCUT2D eigenvalue weighted by Crippen LogP contribution is 2.29. The van der Waals surface area contributed by atoms with Crippen molar-refractivity contribution in [3.63, 3.8) is 0 Å². The fourth-order valence-electron chi connectivity index (χ4n) is 2.13. The van der Waals surface area contributed by atoms with Crippen LogP contribution in [0, 0.1) is 13.8 Å². The largest absolute Gasteiger partial charge is 0.324 e. The van der Waals surface area contributed by atoms with E-state index in [0.29, 0.717) is 0 Å². The molecule has 0 aromatic heterocycles. The highest BCUT2D eigenvalue weighted by molar-refractivity contribution is 5.40. The minimum absolute atomic E-state index is 0.281.